The molecule has 1 aliphatic heterocycles. The number of carbonyl (C=O) groups is 2. The number of phenols is 1. The molecular formula is C25H28N2O5. The molecule has 2 aromatic carbocycles. The van der Waals surface area contributed by atoms with Crippen LogP contribution in [0.2, 0.25) is 0 Å². The number of hydrogen-bond acceptors (Lipinski definition) is 6. The molecule has 1 atom stereocenters. The number of rotatable bonds is 8. The summed E-state index contributed by atoms with van der Waals surface area (Å²) < 4.78 is 10.6. The van der Waals surface area contributed by atoms with E-state index in [1.165, 1.54) is 0 Å². The highest BCUT2D eigenvalue weighted by atomic mass is 16.5. The summed E-state index contributed by atoms with van der Waals surface area (Å²) in [5.41, 5.74) is 2.34. The topological polar surface area (TPSA) is 109 Å². The summed E-state index contributed by atoms with van der Waals surface area (Å²) in [7, 11) is 0. The zero-order valence-corrected chi connectivity index (χ0v) is 18.4. The Labute approximate surface area is 188 Å². The Hall–Kier alpha value is -3.53. The number of aromatic hydroxyl groups is 1. The van der Waals surface area contributed by atoms with Crippen molar-refractivity contribution in [3.8, 4) is 17.6 Å². The van der Waals surface area contributed by atoms with Crippen LogP contribution in [0.5, 0.6) is 11.5 Å². The van der Waals surface area contributed by atoms with Crippen LogP contribution in [0.3, 0.4) is 0 Å². The van der Waals surface area contributed by atoms with E-state index in [0.29, 0.717) is 55.9 Å². The predicted molar refractivity (Wildman–Crippen MR) is 120 cm³/mol. The molecule has 1 amide bonds. The molecule has 0 spiro atoms. The molecule has 0 aromatic heterocycles. The van der Waals surface area contributed by atoms with Crippen molar-refractivity contribution in [2.75, 3.05) is 18.5 Å². The molecule has 3 rings (SSSR count). The van der Waals surface area contributed by atoms with Crippen LogP contribution in [0.1, 0.15) is 56.2 Å². The second-order valence-corrected chi connectivity index (χ2v) is 8.21. The van der Waals surface area contributed by atoms with E-state index in [1.807, 2.05) is 13.0 Å². The van der Waals surface area contributed by atoms with Gasteiger partial charge in [-0.05, 0) is 49.9 Å². The minimum absolute atomic E-state index is 0.123. The molecule has 1 aliphatic rings. The van der Waals surface area contributed by atoms with E-state index in [-0.39, 0.29) is 24.0 Å². The van der Waals surface area contributed by atoms with Crippen molar-refractivity contribution >= 4 is 17.6 Å². The number of nitrogens with zero attached hydrogens (tertiary/aromatic N) is 1. The molecule has 0 fully saturated rings. The highest BCUT2D eigenvalue weighted by Crippen LogP contribution is 2.42. The van der Waals surface area contributed by atoms with Gasteiger partial charge in [0.1, 0.15) is 11.5 Å². The maximum atomic E-state index is 13.0. The minimum atomic E-state index is -0.442. The Kier molecular flexibility index (Phi) is 7.37. The van der Waals surface area contributed by atoms with Gasteiger partial charge in [0, 0.05) is 35.6 Å². The Morgan fingerprint density at radius 2 is 2.09 bits per heavy atom. The number of ether oxygens (including phenoxy) is 2. The number of hydrogen-bond donors (Lipinski definition) is 2. The van der Waals surface area contributed by atoms with Crippen LogP contribution < -0.4 is 10.1 Å². The fourth-order valence-corrected chi connectivity index (χ4v) is 4.02. The third-order valence-electron chi connectivity index (χ3n) is 5.72. The van der Waals surface area contributed by atoms with Gasteiger partial charge in [-0.25, -0.2) is 0 Å². The largest absolute Gasteiger partial charge is 0.508 e. The summed E-state index contributed by atoms with van der Waals surface area (Å²) in [6.45, 7) is 4.59. The number of nitrogens with one attached hydrogen (secondary N) is 1. The second-order valence-electron chi connectivity index (χ2n) is 8.21. The summed E-state index contributed by atoms with van der Waals surface area (Å²) in [6.07, 6.45) is 2.35. The molecule has 0 aliphatic carbocycles. The van der Waals surface area contributed by atoms with Crippen LogP contribution in [0.4, 0.5) is 5.69 Å². The van der Waals surface area contributed by atoms with Gasteiger partial charge in [-0.2, -0.15) is 5.26 Å². The molecule has 7 heteroatoms. The third kappa shape index (κ3) is 5.58. The van der Waals surface area contributed by atoms with Crippen molar-refractivity contribution in [1.29, 1.82) is 5.26 Å². The molecular weight excluding hydrogens is 408 g/mol. The van der Waals surface area contributed by atoms with E-state index in [9.17, 15) is 20.0 Å². The smallest absolute Gasteiger partial charge is 0.305 e. The van der Waals surface area contributed by atoms with Gasteiger partial charge in [0.15, 0.2) is 0 Å². The zero-order chi connectivity index (χ0) is 23.1. The third-order valence-corrected chi connectivity index (χ3v) is 5.72. The highest BCUT2D eigenvalue weighted by Gasteiger charge is 2.35. The summed E-state index contributed by atoms with van der Waals surface area (Å²) >= 11 is 0. The molecule has 2 N–H and O–H groups in total. The monoisotopic (exact) mass is 436 g/mol. The molecule has 2 aromatic rings. The zero-order valence-electron chi connectivity index (χ0n) is 18.4. The standard InChI is InChI=1S/C25H28N2O5/c1-3-31-24(30)6-4-5-18-8-7-17(16-26)13-21(18)27-23(29)15-25(2)11-12-32-22-14-19(28)9-10-20(22)25/h7-10,13-14,28H,3-6,11-12,15H2,1-2H3,(H,27,29)/t25-/m1/s1. The lowest BCUT2D eigenvalue weighted by Gasteiger charge is -2.35. The van der Waals surface area contributed by atoms with Crippen LogP contribution in [-0.4, -0.2) is 30.2 Å². The number of benzene rings is 2. The lowest BCUT2D eigenvalue weighted by molar-refractivity contribution is -0.143. The van der Waals surface area contributed by atoms with Gasteiger partial charge in [0.25, 0.3) is 0 Å². The molecule has 0 bridgehead atoms. The van der Waals surface area contributed by atoms with Crippen LogP contribution in [0, 0.1) is 11.3 Å². The highest BCUT2D eigenvalue weighted by molar-refractivity contribution is 5.92. The number of esters is 1. The summed E-state index contributed by atoms with van der Waals surface area (Å²) in [4.78, 5) is 24.6. The number of anilines is 1. The van der Waals surface area contributed by atoms with Crippen LogP contribution in [0.15, 0.2) is 36.4 Å². The van der Waals surface area contributed by atoms with Gasteiger partial charge in [-0.15, -0.1) is 0 Å². The van der Waals surface area contributed by atoms with E-state index in [1.54, 1.807) is 37.3 Å². The molecule has 168 valence electrons. The van der Waals surface area contributed by atoms with Crippen molar-refractivity contribution in [3.63, 3.8) is 0 Å². The van der Waals surface area contributed by atoms with E-state index in [4.69, 9.17) is 9.47 Å². The SMILES string of the molecule is CCOC(=O)CCCc1ccc(C#N)cc1NC(=O)C[C@@]1(C)CCOc2cc(O)ccc21. The van der Waals surface area contributed by atoms with Gasteiger partial charge in [-0.3, -0.25) is 9.59 Å². The number of amides is 1. The first-order valence-corrected chi connectivity index (χ1v) is 10.8. The van der Waals surface area contributed by atoms with Gasteiger partial charge < -0.3 is 19.9 Å². The average Bonchev–Trinajstić information content (AvgIpc) is 2.74. The number of nitriles is 1. The molecule has 0 unspecified atom stereocenters. The quantitative estimate of drug-likeness (QED) is 0.600. The molecule has 0 saturated carbocycles. The van der Waals surface area contributed by atoms with Crippen molar-refractivity contribution < 1.29 is 24.2 Å². The number of aryl methyl sites for hydroxylation is 1. The summed E-state index contributed by atoms with van der Waals surface area (Å²) in [6, 6.07) is 12.3. The van der Waals surface area contributed by atoms with Crippen molar-refractivity contribution in [1.82, 2.24) is 0 Å². The molecule has 0 saturated heterocycles. The first-order chi connectivity index (χ1) is 15.3. The Morgan fingerprint density at radius 1 is 1.28 bits per heavy atom. The molecule has 7 nitrogen and oxygen atoms in total. The average molecular weight is 437 g/mol. The van der Waals surface area contributed by atoms with Crippen molar-refractivity contribution in [3.05, 3.63) is 53.1 Å². The van der Waals surface area contributed by atoms with Crippen LogP contribution in [-0.2, 0) is 26.2 Å². The number of carbonyl (C=O) groups excluding carboxylic acids is 2. The predicted octanol–water partition coefficient (Wildman–Crippen LogP) is 4.22. The van der Waals surface area contributed by atoms with E-state index in [0.717, 1.165) is 11.1 Å². The fraction of sp³-hybridized carbons (Fsp3) is 0.400. The van der Waals surface area contributed by atoms with Gasteiger partial charge in [-0.1, -0.05) is 19.1 Å². The van der Waals surface area contributed by atoms with E-state index >= 15 is 0 Å². The molecule has 32 heavy (non-hydrogen) atoms. The second kappa shape index (κ2) is 10.2. The first kappa shape index (κ1) is 23.1. The number of phenolic OH excluding ortho intramolecular Hbond substituents is 1. The Bertz CT molecular complexity index is 1040. The minimum Gasteiger partial charge on any atom is -0.508 e. The van der Waals surface area contributed by atoms with Gasteiger partial charge in [0.05, 0.1) is 24.8 Å². The van der Waals surface area contributed by atoms with Crippen molar-refractivity contribution in [2.24, 2.45) is 0 Å². The van der Waals surface area contributed by atoms with Gasteiger partial charge >= 0.3 is 5.97 Å². The Balaban J connectivity index is 1.73. The first-order valence-electron chi connectivity index (χ1n) is 10.8. The van der Waals surface area contributed by atoms with Crippen LogP contribution in [0.25, 0.3) is 0 Å². The summed E-state index contributed by atoms with van der Waals surface area (Å²) in [5, 5.41) is 22.0. The Morgan fingerprint density at radius 3 is 2.84 bits per heavy atom. The van der Waals surface area contributed by atoms with E-state index in [2.05, 4.69) is 11.4 Å². The van der Waals surface area contributed by atoms with Crippen LogP contribution >= 0.6 is 0 Å². The number of fused-ring (bicyclic) bond motifs is 1. The van der Waals surface area contributed by atoms with E-state index < -0.39 is 5.41 Å². The lowest BCUT2D eigenvalue weighted by Crippen LogP contribution is -2.34. The lowest BCUT2D eigenvalue weighted by atomic mass is 9.75. The fourth-order valence-electron chi connectivity index (χ4n) is 4.02. The van der Waals surface area contributed by atoms with Gasteiger partial charge in [0.2, 0.25) is 5.91 Å². The maximum Gasteiger partial charge on any atom is 0.305 e. The normalized spacial score (nSPS) is 16.9. The maximum absolute atomic E-state index is 13.0. The molecule has 1 heterocycles. The molecule has 0 radical (unpaired) electrons. The summed E-state index contributed by atoms with van der Waals surface area (Å²) in [5.74, 6) is 0.301. The van der Waals surface area contributed by atoms with Crippen molar-refractivity contribution in [2.45, 2.75) is 51.4 Å².